The topological polar surface area (TPSA) is 94.2 Å². The smallest absolute Gasteiger partial charge is 0.311 e. The first kappa shape index (κ1) is 20.0. The highest BCUT2D eigenvalue weighted by molar-refractivity contribution is 5.94. The van der Waals surface area contributed by atoms with E-state index in [4.69, 9.17) is 14.2 Å². The number of benzene rings is 1. The molecule has 1 aromatic rings. The summed E-state index contributed by atoms with van der Waals surface area (Å²) in [6.45, 7) is -0.0130. The molecule has 0 radical (unpaired) electrons. The fourth-order valence-corrected chi connectivity index (χ4v) is 3.82. The molecule has 1 heterocycles. The van der Waals surface area contributed by atoms with Gasteiger partial charge >= 0.3 is 5.97 Å². The van der Waals surface area contributed by atoms with Gasteiger partial charge in [0.15, 0.2) is 18.1 Å². The summed E-state index contributed by atoms with van der Waals surface area (Å²) in [6.07, 6.45) is 4.41. The van der Waals surface area contributed by atoms with E-state index in [1.807, 2.05) is 4.90 Å². The Balaban J connectivity index is 1.48. The molecule has 1 aliphatic heterocycles. The standard InChI is InChI=1S/C20H26N2O6/c1-26-16-8-7-14(10-17(16)27-2)21-18(23)12-28-20(25)13-9-19(24)22(11-13)15-5-3-4-6-15/h7-8,10,13,15H,3-6,9,11-12H2,1-2H3,(H,21,23)/t13-/m1/s1. The second-order valence-electron chi connectivity index (χ2n) is 7.11. The minimum atomic E-state index is -0.503. The molecule has 2 aliphatic rings. The van der Waals surface area contributed by atoms with Crippen molar-refractivity contribution in [3.63, 3.8) is 0 Å². The van der Waals surface area contributed by atoms with Crippen LogP contribution in [0.3, 0.4) is 0 Å². The minimum absolute atomic E-state index is 0.00336. The lowest BCUT2D eigenvalue weighted by Gasteiger charge is -2.23. The van der Waals surface area contributed by atoms with Crippen LogP contribution in [0, 0.1) is 5.92 Å². The number of hydrogen-bond acceptors (Lipinski definition) is 6. The highest BCUT2D eigenvalue weighted by Gasteiger charge is 2.39. The number of rotatable bonds is 7. The molecule has 8 nitrogen and oxygen atoms in total. The van der Waals surface area contributed by atoms with Crippen molar-refractivity contribution >= 4 is 23.5 Å². The van der Waals surface area contributed by atoms with Gasteiger partial charge in [0, 0.05) is 30.8 Å². The summed E-state index contributed by atoms with van der Waals surface area (Å²) in [4.78, 5) is 38.4. The zero-order valence-corrected chi connectivity index (χ0v) is 16.2. The van der Waals surface area contributed by atoms with E-state index in [0.717, 1.165) is 25.7 Å². The first-order chi connectivity index (χ1) is 13.5. The van der Waals surface area contributed by atoms with Crippen molar-refractivity contribution in [1.82, 2.24) is 4.90 Å². The molecule has 1 N–H and O–H groups in total. The van der Waals surface area contributed by atoms with Gasteiger partial charge in [0.05, 0.1) is 20.1 Å². The van der Waals surface area contributed by atoms with Gasteiger partial charge in [0.2, 0.25) is 5.91 Å². The van der Waals surface area contributed by atoms with Crippen molar-refractivity contribution in [2.75, 3.05) is 32.7 Å². The van der Waals surface area contributed by atoms with Gasteiger partial charge in [-0.05, 0) is 25.0 Å². The molecule has 2 fully saturated rings. The number of nitrogens with one attached hydrogen (secondary N) is 1. The minimum Gasteiger partial charge on any atom is -0.493 e. The van der Waals surface area contributed by atoms with Crippen LogP contribution < -0.4 is 14.8 Å². The molecule has 0 bridgehead atoms. The molecular weight excluding hydrogens is 364 g/mol. The zero-order valence-electron chi connectivity index (χ0n) is 16.2. The van der Waals surface area contributed by atoms with Crippen LogP contribution in [0.1, 0.15) is 32.1 Å². The van der Waals surface area contributed by atoms with Crippen LogP contribution in [0.5, 0.6) is 11.5 Å². The molecule has 2 amide bonds. The van der Waals surface area contributed by atoms with E-state index in [0.29, 0.717) is 23.7 Å². The Kier molecular flexibility index (Phi) is 6.38. The van der Waals surface area contributed by atoms with Crippen molar-refractivity contribution in [2.45, 2.75) is 38.1 Å². The fraction of sp³-hybridized carbons (Fsp3) is 0.550. The molecule has 0 unspecified atom stereocenters. The predicted molar refractivity (Wildman–Crippen MR) is 101 cm³/mol. The summed E-state index contributed by atoms with van der Waals surface area (Å²) >= 11 is 0. The zero-order chi connectivity index (χ0) is 20.1. The molecule has 3 rings (SSSR count). The lowest BCUT2D eigenvalue weighted by Crippen LogP contribution is -2.35. The third kappa shape index (κ3) is 4.55. The molecule has 1 aromatic carbocycles. The maximum atomic E-state index is 12.3. The predicted octanol–water partition coefficient (Wildman–Crippen LogP) is 1.98. The van der Waals surface area contributed by atoms with Crippen LogP contribution in [0.2, 0.25) is 0 Å². The van der Waals surface area contributed by atoms with Gasteiger partial charge in [-0.2, -0.15) is 0 Å². The van der Waals surface area contributed by atoms with E-state index in [-0.39, 0.29) is 18.4 Å². The SMILES string of the molecule is COc1ccc(NC(=O)COC(=O)[C@@H]2CC(=O)N(C3CCCC3)C2)cc1OC. The third-order valence-electron chi connectivity index (χ3n) is 5.27. The molecule has 152 valence electrons. The number of amides is 2. The lowest BCUT2D eigenvalue weighted by atomic mass is 10.1. The van der Waals surface area contributed by atoms with Crippen molar-refractivity contribution < 1.29 is 28.6 Å². The van der Waals surface area contributed by atoms with Crippen molar-refractivity contribution in [3.8, 4) is 11.5 Å². The van der Waals surface area contributed by atoms with Gasteiger partial charge in [-0.1, -0.05) is 12.8 Å². The number of likely N-dealkylation sites (tertiary alicyclic amines) is 1. The molecule has 1 saturated heterocycles. The van der Waals surface area contributed by atoms with Gasteiger partial charge in [0.1, 0.15) is 0 Å². The number of hydrogen-bond donors (Lipinski definition) is 1. The van der Waals surface area contributed by atoms with Crippen LogP contribution in [0.4, 0.5) is 5.69 Å². The third-order valence-corrected chi connectivity index (χ3v) is 5.27. The second kappa shape index (κ2) is 8.95. The highest BCUT2D eigenvalue weighted by Crippen LogP contribution is 2.31. The van der Waals surface area contributed by atoms with Crippen LogP contribution in [-0.4, -0.2) is 56.1 Å². The van der Waals surface area contributed by atoms with E-state index >= 15 is 0 Å². The molecule has 0 aromatic heterocycles. The first-order valence-electron chi connectivity index (χ1n) is 9.49. The van der Waals surface area contributed by atoms with Crippen LogP contribution in [0.15, 0.2) is 18.2 Å². The molecule has 1 atom stereocenters. The van der Waals surface area contributed by atoms with E-state index in [1.54, 1.807) is 18.2 Å². The van der Waals surface area contributed by atoms with Crippen LogP contribution in [-0.2, 0) is 19.1 Å². The first-order valence-corrected chi connectivity index (χ1v) is 9.49. The molecule has 0 spiro atoms. The number of anilines is 1. The summed E-state index contributed by atoms with van der Waals surface area (Å²) in [5.74, 6) is -0.433. The highest BCUT2D eigenvalue weighted by atomic mass is 16.5. The number of nitrogens with zero attached hydrogens (tertiary/aromatic N) is 1. The Bertz CT molecular complexity index is 744. The van der Waals surface area contributed by atoms with E-state index in [1.165, 1.54) is 14.2 Å². The maximum Gasteiger partial charge on any atom is 0.311 e. The average molecular weight is 390 g/mol. The van der Waals surface area contributed by atoms with E-state index < -0.39 is 24.4 Å². The number of methoxy groups -OCH3 is 2. The number of carbonyl (C=O) groups excluding carboxylic acids is 3. The Morgan fingerprint density at radius 3 is 2.54 bits per heavy atom. The summed E-state index contributed by atoms with van der Waals surface area (Å²) < 4.78 is 15.5. The Morgan fingerprint density at radius 2 is 1.86 bits per heavy atom. The van der Waals surface area contributed by atoms with Gasteiger partial charge in [-0.15, -0.1) is 0 Å². The summed E-state index contributed by atoms with van der Waals surface area (Å²) in [5, 5.41) is 2.65. The number of esters is 1. The van der Waals surface area contributed by atoms with Gasteiger partial charge in [-0.25, -0.2) is 0 Å². The van der Waals surface area contributed by atoms with Crippen LogP contribution >= 0.6 is 0 Å². The van der Waals surface area contributed by atoms with Crippen LogP contribution in [0.25, 0.3) is 0 Å². The summed E-state index contributed by atoms with van der Waals surface area (Å²) in [5.41, 5.74) is 0.502. The molecular formula is C20H26N2O6. The Morgan fingerprint density at radius 1 is 1.14 bits per heavy atom. The molecule has 28 heavy (non-hydrogen) atoms. The molecule has 8 heteroatoms. The number of ether oxygens (including phenoxy) is 3. The second-order valence-corrected chi connectivity index (χ2v) is 7.11. The Hall–Kier alpha value is -2.77. The van der Waals surface area contributed by atoms with Gasteiger partial charge < -0.3 is 24.4 Å². The van der Waals surface area contributed by atoms with E-state index in [2.05, 4.69) is 5.32 Å². The lowest BCUT2D eigenvalue weighted by molar-refractivity contribution is -0.151. The quantitative estimate of drug-likeness (QED) is 0.716. The normalized spacial score (nSPS) is 19.6. The Labute approximate surface area is 164 Å². The fourth-order valence-electron chi connectivity index (χ4n) is 3.82. The van der Waals surface area contributed by atoms with Gasteiger partial charge in [0.25, 0.3) is 5.91 Å². The molecule has 1 aliphatic carbocycles. The van der Waals surface area contributed by atoms with Gasteiger partial charge in [-0.3, -0.25) is 14.4 Å². The monoisotopic (exact) mass is 390 g/mol. The van der Waals surface area contributed by atoms with E-state index in [9.17, 15) is 14.4 Å². The maximum absolute atomic E-state index is 12.3. The van der Waals surface area contributed by atoms with Crippen molar-refractivity contribution in [2.24, 2.45) is 5.92 Å². The average Bonchev–Trinajstić information content (AvgIpc) is 3.35. The largest absolute Gasteiger partial charge is 0.493 e. The molecule has 1 saturated carbocycles. The summed E-state index contributed by atoms with van der Waals surface area (Å²) in [6, 6.07) is 5.20. The van der Waals surface area contributed by atoms with Crippen molar-refractivity contribution in [3.05, 3.63) is 18.2 Å². The number of carbonyl (C=O) groups is 3. The van der Waals surface area contributed by atoms with Crippen molar-refractivity contribution in [1.29, 1.82) is 0 Å². The summed E-state index contributed by atoms with van der Waals surface area (Å²) in [7, 11) is 3.03.